The minimum atomic E-state index is 0.255. The van der Waals surface area contributed by atoms with Gasteiger partial charge in [-0.1, -0.05) is 6.07 Å². The lowest BCUT2D eigenvalue weighted by Gasteiger charge is -2.12. The molecule has 1 aromatic carbocycles. The molecular weight excluding hydrogens is 222 g/mol. The molecule has 0 atom stereocenters. The van der Waals surface area contributed by atoms with E-state index in [-0.39, 0.29) is 5.41 Å². The van der Waals surface area contributed by atoms with Crippen molar-refractivity contribution in [1.29, 1.82) is 0 Å². The van der Waals surface area contributed by atoms with Crippen molar-refractivity contribution in [3.05, 3.63) is 42.2 Å². The van der Waals surface area contributed by atoms with Crippen LogP contribution >= 0.6 is 0 Å². The first-order valence-corrected chi connectivity index (χ1v) is 6.38. The number of nitrogens with zero attached hydrogens (tertiary/aromatic N) is 1. The van der Waals surface area contributed by atoms with Gasteiger partial charge in [0.2, 0.25) is 0 Å². The molecule has 1 aliphatic rings. The Bertz CT molecular complexity index is 738. The Kier molecular flexibility index (Phi) is 1.87. The van der Waals surface area contributed by atoms with E-state index in [0.717, 1.165) is 12.1 Å². The van der Waals surface area contributed by atoms with Gasteiger partial charge in [0.1, 0.15) is 0 Å². The summed E-state index contributed by atoms with van der Waals surface area (Å²) in [6, 6.07) is 8.75. The molecule has 4 rings (SSSR count). The summed E-state index contributed by atoms with van der Waals surface area (Å²) in [5, 5.41) is 2.53. The smallest absolute Gasteiger partial charge is 0.0651 e. The lowest BCUT2D eigenvalue weighted by molar-refractivity contribution is 0.706. The lowest BCUT2D eigenvalue weighted by Crippen LogP contribution is -2.19. The van der Waals surface area contributed by atoms with Gasteiger partial charge in [0, 0.05) is 34.4 Å². The van der Waals surface area contributed by atoms with Crippen molar-refractivity contribution < 1.29 is 0 Å². The molecule has 3 heteroatoms. The number of pyridine rings is 1. The molecule has 1 saturated carbocycles. The van der Waals surface area contributed by atoms with Crippen LogP contribution in [-0.2, 0) is 5.41 Å². The maximum absolute atomic E-state index is 5.92. The van der Waals surface area contributed by atoms with Gasteiger partial charge in [-0.05, 0) is 36.6 Å². The third kappa shape index (κ3) is 1.25. The molecule has 3 N–H and O–H groups in total. The molecule has 18 heavy (non-hydrogen) atoms. The fraction of sp³-hybridized carbons (Fsp3) is 0.267. The highest BCUT2D eigenvalue weighted by atomic mass is 14.7. The summed E-state index contributed by atoms with van der Waals surface area (Å²) < 4.78 is 0. The molecule has 0 amide bonds. The zero-order valence-corrected chi connectivity index (χ0v) is 10.1. The number of hydrogen-bond acceptors (Lipinski definition) is 2. The molecule has 3 aromatic rings. The van der Waals surface area contributed by atoms with Crippen LogP contribution in [0.15, 0.2) is 36.7 Å². The number of hydrogen-bond donors (Lipinski definition) is 2. The van der Waals surface area contributed by atoms with Gasteiger partial charge >= 0.3 is 0 Å². The molecule has 0 spiro atoms. The second-order valence-electron chi connectivity index (χ2n) is 5.29. The molecular formula is C15H15N3. The first-order chi connectivity index (χ1) is 8.82. The maximum atomic E-state index is 5.92. The number of aromatic nitrogens is 2. The Morgan fingerprint density at radius 2 is 2.06 bits per heavy atom. The summed E-state index contributed by atoms with van der Waals surface area (Å²) in [7, 11) is 0. The molecule has 0 bridgehead atoms. The summed E-state index contributed by atoms with van der Waals surface area (Å²) in [5.74, 6) is 0. The van der Waals surface area contributed by atoms with Crippen LogP contribution in [0.4, 0.5) is 0 Å². The third-order valence-corrected chi connectivity index (χ3v) is 4.26. The standard InChI is InChI=1S/C15H15N3/c16-9-15(4-5-15)10-1-2-13-12(7-10)11-3-6-17-8-14(11)18-13/h1-3,6-8,18H,4-5,9,16H2. The largest absolute Gasteiger partial charge is 0.353 e. The first kappa shape index (κ1) is 10.1. The van der Waals surface area contributed by atoms with Crippen LogP contribution in [0.5, 0.6) is 0 Å². The van der Waals surface area contributed by atoms with Gasteiger partial charge in [0.25, 0.3) is 0 Å². The summed E-state index contributed by atoms with van der Waals surface area (Å²) in [6.45, 7) is 0.752. The Balaban J connectivity index is 2.01. The molecule has 3 nitrogen and oxygen atoms in total. The van der Waals surface area contributed by atoms with Crippen LogP contribution in [0, 0.1) is 0 Å². The molecule has 1 aliphatic carbocycles. The second-order valence-corrected chi connectivity index (χ2v) is 5.29. The van der Waals surface area contributed by atoms with Gasteiger partial charge in [-0.3, -0.25) is 4.98 Å². The van der Waals surface area contributed by atoms with Gasteiger partial charge in [-0.25, -0.2) is 0 Å². The van der Waals surface area contributed by atoms with Crippen molar-refractivity contribution in [2.45, 2.75) is 18.3 Å². The van der Waals surface area contributed by atoms with Crippen LogP contribution < -0.4 is 5.73 Å². The number of fused-ring (bicyclic) bond motifs is 3. The van der Waals surface area contributed by atoms with E-state index in [9.17, 15) is 0 Å². The molecule has 2 heterocycles. The average Bonchev–Trinajstić information content (AvgIpc) is 3.14. The highest BCUT2D eigenvalue weighted by Gasteiger charge is 2.42. The highest BCUT2D eigenvalue weighted by molar-refractivity contribution is 6.07. The molecule has 1 fully saturated rings. The van der Waals surface area contributed by atoms with Crippen LogP contribution in [0.3, 0.4) is 0 Å². The van der Waals surface area contributed by atoms with E-state index in [2.05, 4.69) is 34.2 Å². The number of benzene rings is 1. The highest BCUT2D eigenvalue weighted by Crippen LogP contribution is 2.48. The Morgan fingerprint density at radius 3 is 2.83 bits per heavy atom. The van der Waals surface area contributed by atoms with Crippen LogP contribution in [0.2, 0.25) is 0 Å². The predicted octanol–water partition coefficient (Wildman–Crippen LogP) is 2.71. The fourth-order valence-corrected chi connectivity index (χ4v) is 2.84. The average molecular weight is 237 g/mol. The summed E-state index contributed by atoms with van der Waals surface area (Å²) >= 11 is 0. The predicted molar refractivity (Wildman–Crippen MR) is 73.6 cm³/mol. The Hall–Kier alpha value is -1.87. The minimum Gasteiger partial charge on any atom is -0.353 e. The van der Waals surface area contributed by atoms with Crippen molar-refractivity contribution in [2.24, 2.45) is 5.73 Å². The van der Waals surface area contributed by atoms with E-state index in [1.54, 1.807) is 0 Å². The zero-order valence-electron chi connectivity index (χ0n) is 10.1. The fourth-order valence-electron chi connectivity index (χ4n) is 2.84. The van der Waals surface area contributed by atoms with Crippen molar-refractivity contribution in [1.82, 2.24) is 9.97 Å². The van der Waals surface area contributed by atoms with Gasteiger partial charge in [-0.2, -0.15) is 0 Å². The van der Waals surface area contributed by atoms with E-state index in [0.29, 0.717) is 0 Å². The van der Waals surface area contributed by atoms with E-state index >= 15 is 0 Å². The Labute approximate surface area is 105 Å². The normalized spacial score (nSPS) is 17.4. The summed E-state index contributed by atoms with van der Waals surface area (Å²) in [6.07, 6.45) is 6.17. The van der Waals surface area contributed by atoms with Gasteiger partial charge in [-0.15, -0.1) is 0 Å². The second kappa shape index (κ2) is 3.33. The SMILES string of the molecule is NCC1(c2ccc3[nH]c4cnccc4c3c2)CC1. The van der Waals surface area contributed by atoms with Gasteiger partial charge < -0.3 is 10.7 Å². The van der Waals surface area contributed by atoms with E-state index in [1.165, 1.54) is 34.7 Å². The van der Waals surface area contributed by atoms with Crippen LogP contribution in [0.25, 0.3) is 21.8 Å². The molecule has 0 aliphatic heterocycles. The third-order valence-electron chi connectivity index (χ3n) is 4.26. The lowest BCUT2D eigenvalue weighted by atomic mass is 9.94. The molecule has 0 saturated heterocycles. The minimum absolute atomic E-state index is 0.255. The van der Waals surface area contributed by atoms with Crippen molar-refractivity contribution in [2.75, 3.05) is 6.54 Å². The van der Waals surface area contributed by atoms with Crippen molar-refractivity contribution >= 4 is 21.8 Å². The van der Waals surface area contributed by atoms with E-state index in [4.69, 9.17) is 5.73 Å². The number of rotatable bonds is 2. The van der Waals surface area contributed by atoms with Gasteiger partial charge in [0.05, 0.1) is 11.7 Å². The number of aromatic amines is 1. The summed E-state index contributed by atoms with van der Waals surface area (Å²) in [5.41, 5.74) is 9.83. The van der Waals surface area contributed by atoms with Crippen molar-refractivity contribution in [3.8, 4) is 0 Å². The van der Waals surface area contributed by atoms with E-state index < -0.39 is 0 Å². The summed E-state index contributed by atoms with van der Waals surface area (Å²) in [4.78, 5) is 7.56. The van der Waals surface area contributed by atoms with Crippen molar-refractivity contribution in [3.63, 3.8) is 0 Å². The number of nitrogens with one attached hydrogen (secondary N) is 1. The Morgan fingerprint density at radius 1 is 1.17 bits per heavy atom. The monoisotopic (exact) mass is 237 g/mol. The molecule has 90 valence electrons. The van der Waals surface area contributed by atoms with E-state index in [1.807, 2.05) is 12.4 Å². The maximum Gasteiger partial charge on any atom is 0.0651 e. The quantitative estimate of drug-likeness (QED) is 0.720. The van der Waals surface area contributed by atoms with Gasteiger partial charge in [0.15, 0.2) is 0 Å². The van der Waals surface area contributed by atoms with Crippen LogP contribution in [0.1, 0.15) is 18.4 Å². The number of H-pyrrole nitrogens is 1. The molecule has 0 radical (unpaired) electrons. The first-order valence-electron chi connectivity index (χ1n) is 6.38. The zero-order chi connectivity index (χ0) is 12.2. The van der Waals surface area contributed by atoms with Crippen LogP contribution in [-0.4, -0.2) is 16.5 Å². The number of nitrogens with two attached hydrogens (primary N) is 1. The molecule has 0 unspecified atom stereocenters. The topological polar surface area (TPSA) is 54.7 Å². The molecule has 2 aromatic heterocycles.